The van der Waals surface area contributed by atoms with Gasteiger partial charge in [-0.3, -0.25) is 4.90 Å². The molecule has 2 aliphatic carbocycles. The molecular formula is C47H56N2O12. The van der Waals surface area contributed by atoms with Crippen molar-refractivity contribution in [3.05, 3.63) is 131 Å². The molecule has 0 aromatic heterocycles. The van der Waals surface area contributed by atoms with E-state index in [-0.39, 0.29) is 50.9 Å². The number of ether oxygens (including phenoxy) is 5. The first-order chi connectivity index (χ1) is 29.6. The van der Waals surface area contributed by atoms with Crippen LogP contribution in [0.2, 0.25) is 0 Å². The Morgan fingerprint density at radius 2 is 1.08 bits per heavy atom. The average molecular weight is 841 g/mol. The number of aliphatic hydroxyl groups is 6. The number of nitrogens with zero attached hydrogens (tertiary/aromatic N) is 1. The fourth-order valence-corrected chi connectivity index (χ4v) is 9.19. The number of carbonyl (C=O) groups excluding carboxylic acids is 1. The number of aliphatic hydroxyl groups excluding tert-OH is 6. The van der Waals surface area contributed by atoms with Crippen LogP contribution in [0.4, 0.5) is 4.79 Å². The molecule has 0 bridgehead atoms. The lowest BCUT2D eigenvalue weighted by atomic mass is 9.89. The van der Waals surface area contributed by atoms with Gasteiger partial charge >= 0.3 is 6.09 Å². The van der Waals surface area contributed by atoms with Gasteiger partial charge in [-0.25, -0.2) is 4.79 Å². The molecular weight excluding hydrogens is 785 g/mol. The van der Waals surface area contributed by atoms with Crippen molar-refractivity contribution in [2.75, 3.05) is 32.9 Å². The molecule has 7 N–H and O–H groups in total. The van der Waals surface area contributed by atoms with Crippen molar-refractivity contribution in [3.63, 3.8) is 0 Å². The summed E-state index contributed by atoms with van der Waals surface area (Å²) in [6, 6.07) is 34.0. The quantitative estimate of drug-likeness (QED) is 0.0975. The highest BCUT2D eigenvalue weighted by molar-refractivity contribution is 5.79. The van der Waals surface area contributed by atoms with E-state index in [0.717, 1.165) is 22.3 Å². The van der Waals surface area contributed by atoms with Crippen LogP contribution in [-0.4, -0.2) is 135 Å². The topological polar surface area (TPSA) is 200 Å². The lowest BCUT2D eigenvalue weighted by Gasteiger charge is -2.43. The number of rotatable bonds is 14. The van der Waals surface area contributed by atoms with Crippen molar-refractivity contribution in [2.45, 2.75) is 105 Å². The fraction of sp³-hybridized carbons (Fsp3) is 0.468. The molecule has 2 saturated heterocycles. The van der Waals surface area contributed by atoms with Gasteiger partial charge in [0.15, 0.2) is 12.6 Å². The van der Waals surface area contributed by atoms with Crippen LogP contribution in [-0.2, 0) is 23.7 Å². The maximum atomic E-state index is 13.2. The second-order valence-corrected chi connectivity index (χ2v) is 16.5. The average Bonchev–Trinajstić information content (AvgIpc) is 3.62. The maximum absolute atomic E-state index is 13.2. The Bertz CT molecular complexity index is 1900. The number of fused-ring (bicyclic) bond motifs is 3. The van der Waals surface area contributed by atoms with Crippen molar-refractivity contribution in [1.82, 2.24) is 10.2 Å². The summed E-state index contributed by atoms with van der Waals surface area (Å²) in [6.45, 7) is -0.374. The van der Waals surface area contributed by atoms with E-state index in [4.69, 9.17) is 23.7 Å². The van der Waals surface area contributed by atoms with Crippen molar-refractivity contribution in [1.29, 1.82) is 0 Å². The van der Waals surface area contributed by atoms with E-state index in [1.54, 1.807) is 29.2 Å². The van der Waals surface area contributed by atoms with Crippen LogP contribution in [0.15, 0.2) is 109 Å². The molecule has 0 spiro atoms. The zero-order valence-electron chi connectivity index (χ0n) is 33.8. The van der Waals surface area contributed by atoms with Gasteiger partial charge in [0.05, 0.1) is 25.4 Å². The third kappa shape index (κ3) is 10.0. The van der Waals surface area contributed by atoms with Gasteiger partial charge in [0, 0.05) is 42.2 Å². The standard InChI is InChI=1S/C47H56N2O12/c50-37(41(54)43-39(52)26-57-45(60-43)28-11-3-1-4-12-28)23-49(24-38(51)42(55)44-40(53)27-58-46(61-44)29-13-5-2-6-14-29)31-21-19-30(20-22-31)48-47(56)59-25-36-34-17-9-7-15-32(34)33-16-8-10-18-35(33)36/h1-18,30-31,36-46,50-55H,19-27H2,(H,48,56)/t30-,31+,37-,38-,39+,40+,41+,42+,43+,44?,45?,46?/m0/s1. The van der Waals surface area contributed by atoms with Gasteiger partial charge < -0.3 is 59.6 Å². The molecule has 1 amide bonds. The van der Waals surface area contributed by atoms with Crippen LogP contribution in [0.1, 0.15) is 66.4 Å². The number of amides is 1. The zero-order valence-corrected chi connectivity index (χ0v) is 33.8. The molecule has 4 aliphatic rings. The predicted molar refractivity (Wildman–Crippen MR) is 222 cm³/mol. The molecule has 2 aliphatic heterocycles. The first-order valence-corrected chi connectivity index (χ1v) is 21.2. The molecule has 3 fully saturated rings. The van der Waals surface area contributed by atoms with Gasteiger partial charge in [0.2, 0.25) is 0 Å². The first-order valence-electron chi connectivity index (χ1n) is 21.2. The van der Waals surface area contributed by atoms with Crippen molar-refractivity contribution >= 4 is 6.09 Å². The minimum atomic E-state index is -1.55. The number of carbonyl (C=O) groups is 1. The van der Waals surface area contributed by atoms with E-state index >= 15 is 0 Å². The molecule has 61 heavy (non-hydrogen) atoms. The SMILES string of the molecule is O=C(N[C@H]1CC[C@@H](N(C[C@H](O)[C@@H](O)[C@@H]2OC(c3ccccc3)OC[C@H]2O)C[C@H](O)[C@@H](O)C2OC(c3ccccc3)OC[C@H]2O)CC1)OCC1c2ccccc2-c2ccccc21. The molecule has 14 heteroatoms. The zero-order chi connectivity index (χ0) is 42.5. The van der Waals surface area contributed by atoms with E-state index in [9.17, 15) is 35.4 Å². The molecule has 3 unspecified atom stereocenters. The number of hydrogen-bond donors (Lipinski definition) is 7. The second kappa shape index (κ2) is 19.8. The lowest BCUT2D eigenvalue weighted by molar-refractivity contribution is -0.285. The summed E-state index contributed by atoms with van der Waals surface area (Å²) < 4.78 is 29.2. The summed E-state index contributed by atoms with van der Waals surface area (Å²) in [5.41, 5.74) is 5.92. The third-order valence-electron chi connectivity index (χ3n) is 12.5. The fourth-order valence-electron chi connectivity index (χ4n) is 9.19. The van der Waals surface area contributed by atoms with E-state index < -0.39 is 67.5 Å². The highest BCUT2D eigenvalue weighted by Crippen LogP contribution is 2.44. The van der Waals surface area contributed by atoms with Gasteiger partial charge in [-0.1, -0.05) is 109 Å². The summed E-state index contributed by atoms with van der Waals surface area (Å²) in [4.78, 5) is 15.0. The Morgan fingerprint density at radius 1 is 0.639 bits per heavy atom. The van der Waals surface area contributed by atoms with Gasteiger partial charge in [-0.05, 0) is 47.9 Å². The van der Waals surface area contributed by atoms with E-state index in [0.29, 0.717) is 36.8 Å². The Kier molecular flexibility index (Phi) is 14.1. The molecule has 326 valence electrons. The maximum Gasteiger partial charge on any atom is 0.407 e. The molecule has 8 rings (SSSR count). The lowest BCUT2D eigenvalue weighted by Crippen LogP contribution is -2.58. The number of nitrogens with one attached hydrogen (secondary N) is 1. The number of alkyl carbamates (subject to hydrolysis) is 1. The van der Waals surface area contributed by atoms with E-state index in [1.165, 1.54) is 0 Å². The van der Waals surface area contributed by atoms with Crippen LogP contribution in [0.25, 0.3) is 11.1 Å². The van der Waals surface area contributed by atoms with Crippen LogP contribution in [0, 0.1) is 0 Å². The number of hydrogen-bond acceptors (Lipinski definition) is 13. The smallest absolute Gasteiger partial charge is 0.407 e. The van der Waals surface area contributed by atoms with Crippen molar-refractivity contribution < 1.29 is 59.1 Å². The predicted octanol–water partition coefficient (Wildman–Crippen LogP) is 3.53. The summed E-state index contributed by atoms with van der Waals surface area (Å²) in [6.07, 6.45) is -10.9. The summed E-state index contributed by atoms with van der Waals surface area (Å²) in [7, 11) is 0. The highest BCUT2D eigenvalue weighted by Gasteiger charge is 2.43. The molecule has 2 heterocycles. The van der Waals surface area contributed by atoms with E-state index in [2.05, 4.69) is 29.6 Å². The van der Waals surface area contributed by atoms with Gasteiger partial charge in [-0.15, -0.1) is 0 Å². The molecule has 14 nitrogen and oxygen atoms in total. The molecule has 4 aromatic rings. The molecule has 10 atom stereocenters. The third-order valence-corrected chi connectivity index (χ3v) is 12.5. The minimum Gasteiger partial charge on any atom is -0.449 e. The molecule has 1 saturated carbocycles. The van der Waals surface area contributed by atoms with Crippen molar-refractivity contribution in [3.8, 4) is 11.1 Å². The van der Waals surface area contributed by atoms with Gasteiger partial charge in [-0.2, -0.15) is 0 Å². The molecule has 4 aromatic carbocycles. The second-order valence-electron chi connectivity index (χ2n) is 16.5. The van der Waals surface area contributed by atoms with Gasteiger partial charge in [0.25, 0.3) is 0 Å². The molecule has 0 radical (unpaired) electrons. The Morgan fingerprint density at radius 3 is 1.56 bits per heavy atom. The normalized spacial score (nSPS) is 28.6. The van der Waals surface area contributed by atoms with Crippen molar-refractivity contribution in [2.24, 2.45) is 0 Å². The monoisotopic (exact) mass is 840 g/mol. The van der Waals surface area contributed by atoms with Crippen LogP contribution >= 0.6 is 0 Å². The van der Waals surface area contributed by atoms with Crippen LogP contribution in [0.5, 0.6) is 0 Å². The Labute approximate surface area is 355 Å². The highest BCUT2D eigenvalue weighted by atomic mass is 16.7. The Hall–Kier alpha value is -4.29. The Balaban J connectivity index is 0.913. The summed E-state index contributed by atoms with van der Waals surface area (Å²) in [5, 5.41) is 70.7. The largest absolute Gasteiger partial charge is 0.449 e. The minimum absolute atomic E-state index is 0.0697. The number of benzene rings is 4. The summed E-state index contributed by atoms with van der Waals surface area (Å²) >= 11 is 0. The van der Waals surface area contributed by atoms with Gasteiger partial charge in [0.1, 0.15) is 43.2 Å². The van der Waals surface area contributed by atoms with E-state index in [1.807, 2.05) is 60.7 Å². The van der Waals surface area contributed by atoms with Crippen LogP contribution < -0.4 is 5.32 Å². The first kappa shape index (κ1) is 43.4. The van der Waals surface area contributed by atoms with Crippen LogP contribution in [0.3, 0.4) is 0 Å². The summed E-state index contributed by atoms with van der Waals surface area (Å²) in [5.74, 6) is -0.0697.